The summed E-state index contributed by atoms with van der Waals surface area (Å²) in [6.45, 7) is 0. The van der Waals surface area contributed by atoms with Crippen LogP contribution < -0.4 is 0 Å². The van der Waals surface area contributed by atoms with Crippen LogP contribution in [0.5, 0.6) is 0 Å². The first-order valence-corrected chi connectivity index (χ1v) is 4.48. The Morgan fingerprint density at radius 1 is 1.62 bits per heavy atom. The molecule has 1 aliphatic rings. The van der Waals surface area contributed by atoms with Gasteiger partial charge in [-0.1, -0.05) is 0 Å². The molecule has 1 heterocycles. The number of alkyl halides is 1. The van der Waals surface area contributed by atoms with Crippen LogP contribution in [0.2, 0.25) is 0 Å². The molecule has 1 aromatic heterocycles. The molecule has 1 saturated carbocycles. The first kappa shape index (κ1) is 8.69. The average Bonchev–Trinajstić information content (AvgIpc) is 2.58. The lowest BCUT2D eigenvalue weighted by Gasteiger charge is -2.13. The van der Waals surface area contributed by atoms with Crippen LogP contribution in [-0.4, -0.2) is 27.2 Å². The van der Waals surface area contributed by atoms with Crippen molar-refractivity contribution in [1.29, 1.82) is 0 Å². The zero-order chi connectivity index (χ0) is 9.42. The van der Waals surface area contributed by atoms with Crippen LogP contribution in [0, 0.1) is 0 Å². The van der Waals surface area contributed by atoms with E-state index in [0.717, 1.165) is 5.69 Å². The number of hydrogen-bond donors (Lipinski definition) is 1. The second-order valence-electron chi connectivity index (χ2n) is 3.62. The Kier molecular flexibility index (Phi) is 2.07. The summed E-state index contributed by atoms with van der Waals surface area (Å²) in [7, 11) is 1.81. The predicted molar refractivity (Wildman–Crippen MR) is 46.1 cm³/mol. The van der Waals surface area contributed by atoms with Gasteiger partial charge in [0.1, 0.15) is 6.17 Å². The predicted octanol–water partition coefficient (Wildman–Crippen LogP) is 0.996. The highest BCUT2D eigenvalue weighted by atomic mass is 19.1. The number of rotatable bonds is 1. The molecule has 1 N–H and O–H groups in total. The second kappa shape index (κ2) is 3.10. The van der Waals surface area contributed by atoms with Gasteiger partial charge in [-0.25, -0.2) is 4.39 Å². The van der Waals surface area contributed by atoms with Crippen molar-refractivity contribution in [3.05, 3.63) is 18.0 Å². The van der Waals surface area contributed by atoms with Gasteiger partial charge >= 0.3 is 0 Å². The number of aromatic nitrogens is 2. The van der Waals surface area contributed by atoms with E-state index in [4.69, 9.17) is 0 Å². The smallest absolute Gasteiger partial charge is 0.103 e. The number of nitrogens with zero attached hydrogens (tertiary/aromatic N) is 2. The number of aliphatic hydroxyl groups excluding tert-OH is 1. The van der Waals surface area contributed by atoms with E-state index in [1.165, 1.54) is 0 Å². The van der Waals surface area contributed by atoms with Crippen molar-refractivity contribution in [3.8, 4) is 0 Å². The number of hydrogen-bond acceptors (Lipinski definition) is 2. The van der Waals surface area contributed by atoms with Crippen LogP contribution in [0.15, 0.2) is 12.3 Å². The lowest BCUT2D eigenvalue weighted by Crippen LogP contribution is -2.14. The van der Waals surface area contributed by atoms with E-state index in [2.05, 4.69) is 5.10 Å². The van der Waals surface area contributed by atoms with Crippen molar-refractivity contribution in [2.45, 2.75) is 31.0 Å². The van der Waals surface area contributed by atoms with Crippen molar-refractivity contribution < 1.29 is 9.50 Å². The molecule has 1 fully saturated rings. The first-order valence-electron chi connectivity index (χ1n) is 4.48. The molecule has 13 heavy (non-hydrogen) atoms. The van der Waals surface area contributed by atoms with Crippen LogP contribution in [-0.2, 0) is 7.05 Å². The van der Waals surface area contributed by atoms with E-state index in [-0.39, 0.29) is 12.3 Å². The van der Waals surface area contributed by atoms with Gasteiger partial charge in [-0.3, -0.25) is 4.68 Å². The molecule has 3 unspecified atom stereocenters. The van der Waals surface area contributed by atoms with E-state index < -0.39 is 12.3 Å². The number of aryl methyl sites for hydroxylation is 1. The lowest BCUT2D eigenvalue weighted by atomic mass is 10.0. The molecule has 0 saturated heterocycles. The Morgan fingerprint density at radius 2 is 2.38 bits per heavy atom. The van der Waals surface area contributed by atoms with Crippen molar-refractivity contribution in [2.75, 3.05) is 0 Å². The summed E-state index contributed by atoms with van der Waals surface area (Å²) in [6.07, 6.45) is 0.935. The minimum atomic E-state index is -0.866. The van der Waals surface area contributed by atoms with E-state index in [1.54, 1.807) is 10.9 Å². The lowest BCUT2D eigenvalue weighted by molar-refractivity contribution is 0.154. The summed E-state index contributed by atoms with van der Waals surface area (Å²) in [5, 5.41) is 13.6. The van der Waals surface area contributed by atoms with Crippen molar-refractivity contribution in [1.82, 2.24) is 9.78 Å². The molecule has 0 aliphatic heterocycles. The molecule has 2 rings (SSSR count). The summed E-state index contributed by atoms with van der Waals surface area (Å²) in [5.41, 5.74) is 0.924. The van der Waals surface area contributed by atoms with Crippen LogP contribution in [0.4, 0.5) is 4.39 Å². The molecule has 1 aliphatic carbocycles. The van der Waals surface area contributed by atoms with Crippen molar-refractivity contribution in [3.63, 3.8) is 0 Å². The first-order chi connectivity index (χ1) is 6.18. The quantitative estimate of drug-likeness (QED) is 0.707. The van der Waals surface area contributed by atoms with E-state index in [9.17, 15) is 9.50 Å². The van der Waals surface area contributed by atoms with Crippen LogP contribution in [0.25, 0.3) is 0 Å². The molecule has 3 atom stereocenters. The Hall–Kier alpha value is -0.900. The highest BCUT2D eigenvalue weighted by molar-refractivity contribution is 5.12. The molecule has 0 aromatic carbocycles. The Balaban J connectivity index is 2.22. The monoisotopic (exact) mass is 184 g/mol. The van der Waals surface area contributed by atoms with Crippen molar-refractivity contribution >= 4 is 0 Å². The molecule has 0 radical (unpaired) electrons. The minimum absolute atomic E-state index is 0.0810. The summed E-state index contributed by atoms with van der Waals surface area (Å²) in [6, 6.07) is 1.84. The average molecular weight is 184 g/mol. The molecule has 0 spiro atoms. The third-order valence-electron chi connectivity index (χ3n) is 2.71. The fourth-order valence-electron chi connectivity index (χ4n) is 2.02. The van der Waals surface area contributed by atoms with Gasteiger partial charge < -0.3 is 5.11 Å². The SMILES string of the molecule is Cn1nccc1C1CC(F)CC1O. The Labute approximate surface area is 76.2 Å². The molecule has 0 amide bonds. The Bertz CT molecular complexity index is 300. The normalized spacial score (nSPS) is 33.9. The number of aliphatic hydroxyl groups is 1. The zero-order valence-electron chi connectivity index (χ0n) is 7.52. The third-order valence-corrected chi connectivity index (χ3v) is 2.71. The maximum atomic E-state index is 13.0. The van der Waals surface area contributed by atoms with E-state index in [0.29, 0.717) is 6.42 Å². The molecule has 1 aromatic rings. The van der Waals surface area contributed by atoms with Gasteiger partial charge in [-0.15, -0.1) is 0 Å². The van der Waals surface area contributed by atoms with E-state index in [1.807, 2.05) is 13.1 Å². The fraction of sp³-hybridized carbons (Fsp3) is 0.667. The van der Waals surface area contributed by atoms with Gasteiger partial charge in [0.25, 0.3) is 0 Å². The van der Waals surface area contributed by atoms with Gasteiger partial charge in [0.2, 0.25) is 0 Å². The van der Waals surface area contributed by atoms with Gasteiger partial charge in [-0.2, -0.15) is 5.10 Å². The molecule has 4 heteroatoms. The van der Waals surface area contributed by atoms with Gasteiger partial charge in [0.05, 0.1) is 6.10 Å². The van der Waals surface area contributed by atoms with Crippen LogP contribution >= 0.6 is 0 Å². The van der Waals surface area contributed by atoms with Gasteiger partial charge in [0.15, 0.2) is 0 Å². The molecule has 0 bridgehead atoms. The molecule has 72 valence electrons. The maximum absolute atomic E-state index is 13.0. The standard InChI is InChI=1S/C9H13FN2O/c1-12-8(2-3-11-12)7-4-6(10)5-9(7)13/h2-3,6-7,9,13H,4-5H2,1H3. The van der Waals surface area contributed by atoms with Crippen LogP contribution in [0.3, 0.4) is 0 Å². The largest absolute Gasteiger partial charge is 0.392 e. The fourth-order valence-corrected chi connectivity index (χ4v) is 2.02. The Morgan fingerprint density at radius 3 is 2.85 bits per heavy atom. The number of halogens is 1. The molecular weight excluding hydrogens is 171 g/mol. The highest BCUT2D eigenvalue weighted by Gasteiger charge is 2.35. The molecular formula is C9H13FN2O. The van der Waals surface area contributed by atoms with Gasteiger partial charge in [0, 0.05) is 31.3 Å². The highest BCUT2D eigenvalue weighted by Crippen LogP contribution is 2.35. The zero-order valence-corrected chi connectivity index (χ0v) is 7.52. The van der Waals surface area contributed by atoms with Gasteiger partial charge in [-0.05, 0) is 12.5 Å². The third kappa shape index (κ3) is 1.46. The summed E-state index contributed by atoms with van der Waals surface area (Å²) in [4.78, 5) is 0. The van der Waals surface area contributed by atoms with Crippen molar-refractivity contribution in [2.24, 2.45) is 7.05 Å². The minimum Gasteiger partial charge on any atom is -0.392 e. The maximum Gasteiger partial charge on any atom is 0.103 e. The summed E-state index contributed by atoms with van der Waals surface area (Å²) in [5.74, 6) is -0.0810. The second-order valence-corrected chi connectivity index (χ2v) is 3.62. The van der Waals surface area contributed by atoms with E-state index >= 15 is 0 Å². The summed E-state index contributed by atoms with van der Waals surface area (Å²) < 4.78 is 14.7. The van der Waals surface area contributed by atoms with Crippen LogP contribution in [0.1, 0.15) is 24.5 Å². The summed E-state index contributed by atoms with van der Waals surface area (Å²) >= 11 is 0. The molecule has 3 nitrogen and oxygen atoms in total. The topological polar surface area (TPSA) is 38.0 Å².